The summed E-state index contributed by atoms with van der Waals surface area (Å²) in [5.74, 6) is 1.82. The fourth-order valence-electron chi connectivity index (χ4n) is 2.70. The summed E-state index contributed by atoms with van der Waals surface area (Å²) in [6.45, 7) is 4.01. The van der Waals surface area contributed by atoms with E-state index in [-0.39, 0.29) is 24.0 Å². The molecule has 166 valence electrons. The highest BCUT2D eigenvalue weighted by molar-refractivity contribution is 14.0. The molecule has 0 fully saturated rings. The minimum Gasteiger partial charge on any atom is -0.475 e. The molecular formula is C22H28IN5O3. The SMILES string of the molecule is CN=C(NCc1coc(-c2ccc(C)cc2)n1)NCc1cccnc1OCCOC.I. The van der Waals surface area contributed by atoms with Gasteiger partial charge in [-0.15, -0.1) is 24.0 Å². The molecule has 9 heteroatoms. The quantitative estimate of drug-likeness (QED) is 0.187. The highest BCUT2D eigenvalue weighted by atomic mass is 127. The molecule has 0 unspecified atom stereocenters. The van der Waals surface area contributed by atoms with Crippen molar-refractivity contribution in [1.82, 2.24) is 20.6 Å². The van der Waals surface area contributed by atoms with Gasteiger partial charge in [-0.25, -0.2) is 9.97 Å². The van der Waals surface area contributed by atoms with Crippen LogP contribution in [0.4, 0.5) is 0 Å². The van der Waals surface area contributed by atoms with Crippen LogP contribution in [0.2, 0.25) is 0 Å². The van der Waals surface area contributed by atoms with Crippen LogP contribution in [0.3, 0.4) is 0 Å². The van der Waals surface area contributed by atoms with Crippen molar-refractivity contribution in [3.8, 4) is 17.3 Å². The van der Waals surface area contributed by atoms with Gasteiger partial charge >= 0.3 is 0 Å². The number of halogens is 1. The lowest BCUT2D eigenvalue weighted by atomic mass is 10.1. The van der Waals surface area contributed by atoms with Gasteiger partial charge in [0.05, 0.1) is 18.8 Å². The summed E-state index contributed by atoms with van der Waals surface area (Å²) in [6, 6.07) is 11.9. The molecule has 0 aliphatic rings. The van der Waals surface area contributed by atoms with E-state index < -0.39 is 0 Å². The molecule has 0 amide bonds. The van der Waals surface area contributed by atoms with Gasteiger partial charge in [0.15, 0.2) is 5.96 Å². The third-order valence-corrected chi connectivity index (χ3v) is 4.33. The summed E-state index contributed by atoms with van der Waals surface area (Å²) in [5, 5.41) is 6.50. The van der Waals surface area contributed by atoms with E-state index in [2.05, 4.69) is 25.6 Å². The van der Waals surface area contributed by atoms with Crippen molar-refractivity contribution < 1.29 is 13.9 Å². The van der Waals surface area contributed by atoms with Crippen LogP contribution in [-0.2, 0) is 17.8 Å². The Balaban J connectivity index is 0.00000341. The van der Waals surface area contributed by atoms with Crippen molar-refractivity contribution in [2.24, 2.45) is 4.99 Å². The molecule has 8 nitrogen and oxygen atoms in total. The monoisotopic (exact) mass is 537 g/mol. The van der Waals surface area contributed by atoms with Gasteiger partial charge in [0.2, 0.25) is 11.8 Å². The van der Waals surface area contributed by atoms with Crippen molar-refractivity contribution in [2.75, 3.05) is 27.4 Å². The number of guanidine groups is 1. The number of aryl methyl sites for hydroxylation is 1. The van der Waals surface area contributed by atoms with Crippen LogP contribution in [0, 0.1) is 6.92 Å². The number of aliphatic imine (C=N–C) groups is 1. The summed E-state index contributed by atoms with van der Waals surface area (Å²) in [7, 11) is 3.35. The number of hydrogen-bond donors (Lipinski definition) is 2. The molecule has 2 heterocycles. The fraction of sp³-hybridized carbons (Fsp3) is 0.318. The van der Waals surface area contributed by atoms with Gasteiger partial charge in [0.25, 0.3) is 0 Å². The minimum absolute atomic E-state index is 0. The van der Waals surface area contributed by atoms with Gasteiger partial charge in [0, 0.05) is 38.0 Å². The Morgan fingerprint density at radius 2 is 1.87 bits per heavy atom. The highest BCUT2D eigenvalue weighted by Crippen LogP contribution is 2.19. The summed E-state index contributed by atoms with van der Waals surface area (Å²) < 4.78 is 16.3. The Hall–Kier alpha value is -2.66. The maximum Gasteiger partial charge on any atom is 0.226 e. The molecule has 3 rings (SSSR count). The minimum atomic E-state index is 0. The summed E-state index contributed by atoms with van der Waals surface area (Å²) >= 11 is 0. The van der Waals surface area contributed by atoms with Crippen LogP contribution in [0.25, 0.3) is 11.5 Å². The summed E-state index contributed by atoms with van der Waals surface area (Å²) in [4.78, 5) is 13.1. The number of methoxy groups -OCH3 is 1. The zero-order chi connectivity index (χ0) is 21.2. The molecule has 3 aromatic rings. The molecular weight excluding hydrogens is 509 g/mol. The normalized spacial score (nSPS) is 11.0. The standard InChI is InChI=1S/C22H27N5O3.HI/c1-16-6-8-17(9-7-16)21-27-19(15-30-21)14-26-22(23-2)25-13-18-5-4-10-24-20(18)29-12-11-28-3;/h4-10,15H,11-14H2,1-3H3,(H2,23,25,26);1H. The molecule has 2 aromatic heterocycles. The van der Waals surface area contributed by atoms with Crippen molar-refractivity contribution in [3.63, 3.8) is 0 Å². The van der Waals surface area contributed by atoms with Gasteiger partial charge in [-0.3, -0.25) is 4.99 Å². The van der Waals surface area contributed by atoms with E-state index in [9.17, 15) is 0 Å². The van der Waals surface area contributed by atoms with Crippen molar-refractivity contribution in [1.29, 1.82) is 0 Å². The van der Waals surface area contributed by atoms with Gasteiger partial charge in [0.1, 0.15) is 12.9 Å². The van der Waals surface area contributed by atoms with Gasteiger partial charge < -0.3 is 24.5 Å². The van der Waals surface area contributed by atoms with E-state index in [1.807, 2.05) is 43.3 Å². The number of pyridine rings is 1. The second-order valence-corrected chi connectivity index (χ2v) is 6.60. The van der Waals surface area contributed by atoms with Gasteiger partial charge in [-0.05, 0) is 25.1 Å². The molecule has 31 heavy (non-hydrogen) atoms. The molecule has 0 aliphatic carbocycles. The Labute approximate surface area is 199 Å². The fourth-order valence-corrected chi connectivity index (χ4v) is 2.70. The van der Waals surface area contributed by atoms with Crippen molar-refractivity contribution >= 4 is 29.9 Å². The zero-order valence-corrected chi connectivity index (χ0v) is 20.3. The highest BCUT2D eigenvalue weighted by Gasteiger charge is 2.09. The Morgan fingerprint density at radius 1 is 1.10 bits per heavy atom. The van der Waals surface area contributed by atoms with E-state index in [1.165, 1.54) is 5.56 Å². The number of oxazole rings is 1. The first-order valence-corrected chi connectivity index (χ1v) is 9.71. The van der Waals surface area contributed by atoms with Crippen molar-refractivity contribution in [3.05, 3.63) is 65.7 Å². The largest absolute Gasteiger partial charge is 0.475 e. The van der Waals surface area contributed by atoms with Crippen molar-refractivity contribution in [2.45, 2.75) is 20.0 Å². The number of aromatic nitrogens is 2. The van der Waals surface area contributed by atoms with Crippen LogP contribution in [0.1, 0.15) is 16.8 Å². The third-order valence-electron chi connectivity index (χ3n) is 4.33. The van der Waals surface area contributed by atoms with Crippen LogP contribution in [0.5, 0.6) is 5.88 Å². The second-order valence-electron chi connectivity index (χ2n) is 6.60. The topological polar surface area (TPSA) is 93.8 Å². The first-order valence-electron chi connectivity index (χ1n) is 9.71. The van der Waals surface area contributed by atoms with E-state index in [0.29, 0.717) is 44.0 Å². The molecule has 0 aliphatic heterocycles. The summed E-state index contributed by atoms with van der Waals surface area (Å²) in [5.41, 5.74) is 3.87. The molecule has 0 saturated carbocycles. The van der Waals surface area contributed by atoms with Crippen LogP contribution < -0.4 is 15.4 Å². The average Bonchev–Trinajstić information content (AvgIpc) is 3.24. The average molecular weight is 537 g/mol. The number of nitrogens with zero attached hydrogens (tertiary/aromatic N) is 3. The first kappa shape index (κ1) is 24.6. The molecule has 0 radical (unpaired) electrons. The number of rotatable bonds is 9. The zero-order valence-electron chi connectivity index (χ0n) is 17.9. The Kier molecular flexibility index (Phi) is 10.2. The number of benzene rings is 1. The van der Waals surface area contributed by atoms with Crippen LogP contribution in [0.15, 0.2) is 58.3 Å². The number of hydrogen-bond acceptors (Lipinski definition) is 6. The van der Waals surface area contributed by atoms with Crippen LogP contribution >= 0.6 is 24.0 Å². The Bertz CT molecular complexity index is 960. The van der Waals surface area contributed by atoms with E-state index in [4.69, 9.17) is 13.9 Å². The first-order chi connectivity index (χ1) is 14.7. The third kappa shape index (κ3) is 7.51. The molecule has 0 bridgehead atoms. The van der Waals surface area contributed by atoms with Crippen LogP contribution in [-0.4, -0.2) is 43.3 Å². The maximum absolute atomic E-state index is 5.67. The van der Waals surface area contributed by atoms with E-state index in [0.717, 1.165) is 16.8 Å². The molecule has 2 N–H and O–H groups in total. The Morgan fingerprint density at radius 3 is 2.61 bits per heavy atom. The molecule has 0 atom stereocenters. The van der Waals surface area contributed by atoms with Gasteiger partial charge in [-0.1, -0.05) is 23.8 Å². The maximum atomic E-state index is 5.67. The number of nitrogens with one attached hydrogen (secondary N) is 2. The lowest BCUT2D eigenvalue weighted by molar-refractivity contribution is 0.143. The molecule has 0 saturated heterocycles. The predicted molar refractivity (Wildman–Crippen MR) is 131 cm³/mol. The lowest BCUT2D eigenvalue weighted by Gasteiger charge is -2.13. The second kappa shape index (κ2) is 12.9. The molecule has 1 aromatic carbocycles. The lowest BCUT2D eigenvalue weighted by Crippen LogP contribution is -2.36. The predicted octanol–water partition coefficient (Wildman–Crippen LogP) is 3.55. The van der Waals surface area contributed by atoms with E-state index >= 15 is 0 Å². The van der Waals surface area contributed by atoms with Gasteiger partial charge in [-0.2, -0.15) is 0 Å². The smallest absolute Gasteiger partial charge is 0.226 e. The summed E-state index contributed by atoms with van der Waals surface area (Å²) in [6.07, 6.45) is 3.35. The number of ether oxygens (including phenoxy) is 2. The molecule has 0 spiro atoms. The van der Waals surface area contributed by atoms with E-state index in [1.54, 1.807) is 26.6 Å².